The van der Waals surface area contributed by atoms with Crippen LogP contribution in [-0.4, -0.2) is 30.6 Å². The number of para-hydroxylation sites is 1. The highest BCUT2D eigenvalue weighted by Gasteiger charge is 2.43. The molecule has 1 aromatic heterocycles. The van der Waals surface area contributed by atoms with Crippen LogP contribution >= 0.6 is 11.3 Å². The Balaban J connectivity index is 1.71. The van der Waals surface area contributed by atoms with Gasteiger partial charge in [0, 0.05) is 24.4 Å². The monoisotopic (exact) mass is 367 g/mol. The number of rotatable bonds is 1. The van der Waals surface area contributed by atoms with Crippen molar-refractivity contribution < 1.29 is 9.53 Å². The molecule has 0 bridgehead atoms. The van der Waals surface area contributed by atoms with Crippen LogP contribution in [0.4, 0.5) is 10.7 Å². The molecule has 0 N–H and O–H groups in total. The lowest BCUT2D eigenvalue weighted by atomic mass is 9.92. The number of ether oxygens (including phenoxy) is 1. The van der Waals surface area contributed by atoms with E-state index in [9.17, 15) is 4.79 Å². The quantitative estimate of drug-likeness (QED) is 0.770. The summed E-state index contributed by atoms with van der Waals surface area (Å²) < 4.78 is 5.99. The fraction of sp³-hybridized carbons (Fsp3) is 0.400. The molecule has 5 rings (SSSR count). The molecular formula is C20H21N3O2S. The third-order valence-electron chi connectivity index (χ3n) is 5.18. The van der Waals surface area contributed by atoms with E-state index in [1.54, 1.807) is 16.2 Å². The Labute approximate surface area is 156 Å². The maximum absolute atomic E-state index is 13.6. The Kier molecular flexibility index (Phi) is 3.49. The first-order valence-corrected chi connectivity index (χ1v) is 9.87. The summed E-state index contributed by atoms with van der Waals surface area (Å²) in [5.41, 5.74) is 2.65. The fourth-order valence-corrected chi connectivity index (χ4v) is 5.18. The number of nitrogens with zero attached hydrogens (tertiary/aromatic N) is 3. The van der Waals surface area contributed by atoms with Gasteiger partial charge in [-0.2, -0.15) is 0 Å². The molecular weight excluding hydrogens is 346 g/mol. The van der Waals surface area contributed by atoms with Gasteiger partial charge in [0.1, 0.15) is 5.00 Å². The summed E-state index contributed by atoms with van der Waals surface area (Å²) >= 11 is 1.70. The molecule has 0 atom stereocenters. The lowest BCUT2D eigenvalue weighted by Crippen LogP contribution is -2.54. The van der Waals surface area contributed by atoms with Gasteiger partial charge in [0.15, 0.2) is 0 Å². The average Bonchev–Trinajstić information content (AvgIpc) is 3.01. The highest BCUT2D eigenvalue weighted by atomic mass is 32.1. The first-order chi connectivity index (χ1) is 12.6. The predicted molar refractivity (Wildman–Crippen MR) is 104 cm³/mol. The van der Waals surface area contributed by atoms with E-state index in [0.29, 0.717) is 6.61 Å². The largest absolute Gasteiger partial charge is 0.370 e. The lowest BCUT2D eigenvalue weighted by molar-refractivity contribution is -0.0383. The van der Waals surface area contributed by atoms with E-state index in [-0.39, 0.29) is 11.5 Å². The summed E-state index contributed by atoms with van der Waals surface area (Å²) in [4.78, 5) is 23.5. The highest BCUT2D eigenvalue weighted by Crippen LogP contribution is 2.46. The van der Waals surface area contributed by atoms with Crippen LogP contribution in [0.1, 0.15) is 41.1 Å². The minimum atomic E-state index is -0.240. The summed E-state index contributed by atoms with van der Waals surface area (Å²) in [5.74, 6) is 0.803. The van der Waals surface area contributed by atoms with Gasteiger partial charge in [-0.15, -0.1) is 11.3 Å². The molecule has 0 spiro atoms. The van der Waals surface area contributed by atoms with Crippen molar-refractivity contribution in [3.63, 3.8) is 0 Å². The normalized spacial score (nSPS) is 21.0. The summed E-state index contributed by atoms with van der Waals surface area (Å²) in [5, 5.41) is 1.05. The minimum absolute atomic E-state index is 0.0401. The number of hydrogen-bond acceptors (Lipinski definition) is 5. The maximum Gasteiger partial charge on any atom is 0.268 e. The van der Waals surface area contributed by atoms with Gasteiger partial charge in [0.05, 0.1) is 23.5 Å². The van der Waals surface area contributed by atoms with E-state index in [1.165, 1.54) is 4.88 Å². The van der Waals surface area contributed by atoms with E-state index in [1.807, 2.05) is 30.3 Å². The summed E-state index contributed by atoms with van der Waals surface area (Å²) in [6.45, 7) is 6.43. The molecule has 26 heavy (non-hydrogen) atoms. The van der Waals surface area contributed by atoms with Crippen molar-refractivity contribution in [3.05, 3.63) is 46.3 Å². The standard InChI is InChI=1S/C20H21N3O2S/c1-20(2)11-14-15(12-25-20)26-18-16(14)17(24)23(13-7-4-3-5-8-13)19-21-9-6-10-22(18)19/h3-5,7-8H,6,9-12H2,1-2H3. The Morgan fingerprint density at radius 1 is 1.23 bits per heavy atom. The smallest absolute Gasteiger partial charge is 0.268 e. The van der Waals surface area contributed by atoms with Crippen molar-refractivity contribution >= 4 is 33.9 Å². The number of amides is 1. The number of carbonyl (C=O) groups is 1. The number of aliphatic imine (C=N–C) groups is 1. The molecule has 5 nitrogen and oxygen atoms in total. The number of hydrogen-bond donors (Lipinski definition) is 0. The molecule has 3 aliphatic heterocycles. The Hall–Kier alpha value is -2.18. The molecule has 4 heterocycles. The van der Waals surface area contributed by atoms with Crippen molar-refractivity contribution in [3.8, 4) is 0 Å². The SMILES string of the molecule is CC1(C)Cc2c(sc3c2C(=O)N(c2ccccc2)C2=NCCCN23)CO1. The van der Waals surface area contributed by atoms with Crippen LogP contribution < -0.4 is 9.80 Å². The van der Waals surface area contributed by atoms with Crippen LogP contribution in [-0.2, 0) is 17.8 Å². The van der Waals surface area contributed by atoms with Gasteiger partial charge < -0.3 is 9.64 Å². The van der Waals surface area contributed by atoms with Gasteiger partial charge in [-0.3, -0.25) is 9.79 Å². The first-order valence-electron chi connectivity index (χ1n) is 9.05. The number of anilines is 2. The minimum Gasteiger partial charge on any atom is -0.370 e. The molecule has 0 radical (unpaired) electrons. The summed E-state index contributed by atoms with van der Waals surface area (Å²) in [7, 11) is 0. The number of thiophene rings is 1. The molecule has 0 saturated heterocycles. The summed E-state index contributed by atoms with van der Waals surface area (Å²) in [6, 6.07) is 9.85. The molecule has 6 heteroatoms. The molecule has 1 amide bonds. The Morgan fingerprint density at radius 2 is 2.04 bits per heavy atom. The van der Waals surface area contributed by atoms with E-state index < -0.39 is 0 Å². The van der Waals surface area contributed by atoms with Crippen molar-refractivity contribution in [2.75, 3.05) is 22.9 Å². The van der Waals surface area contributed by atoms with Crippen molar-refractivity contribution in [1.82, 2.24) is 0 Å². The van der Waals surface area contributed by atoms with Crippen LogP contribution in [0.3, 0.4) is 0 Å². The molecule has 134 valence electrons. The van der Waals surface area contributed by atoms with E-state index >= 15 is 0 Å². The predicted octanol–water partition coefficient (Wildman–Crippen LogP) is 3.83. The second-order valence-corrected chi connectivity index (χ2v) is 8.66. The second kappa shape index (κ2) is 5.66. The topological polar surface area (TPSA) is 45.1 Å². The second-order valence-electron chi connectivity index (χ2n) is 7.57. The van der Waals surface area contributed by atoms with Crippen molar-refractivity contribution in [2.45, 2.75) is 38.9 Å². The van der Waals surface area contributed by atoms with E-state index in [4.69, 9.17) is 9.73 Å². The van der Waals surface area contributed by atoms with Crippen LogP contribution in [0.25, 0.3) is 0 Å². The lowest BCUT2D eigenvalue weighted by Gasteiger charge is -2.39. The number of carbonyl (C=O) groups excluding carboxylic acids is 1. The first kappa shape index (κ1) is 16.0. The zero-order valence-electron chi connectivity index (χ0n) is 15.0. The van der Waals surface area contributed by atoms with E-state index in [2.05, 4.69) is 18.7 Å². The number of benzene rings is 1. The third-order valence-corrected chi connectivity index (χ3v) is 6.41. The molecule has 0 fully saturated rings. The number of guanidine groups is 1. The molecule has 0 unspecified atom stereocenters. The van der Waals surface area contributed by atoms with Gasteiger partial charge >= 0.3 is 0 Å². The van der Waals surface area contributed by atoms with Crippen LogP contribution in [0.15, 0.2) is 35.3 Å². The Bertz CT molecular complexity index is 917. The van der Waals surface area contributed by atoms with Crippen LogP contribution in [0.2, 0.25) is 0 Å². The fourth-order valence-electron chi connectivity index (χ4n) is 3.94. The molecule has 0 aliphatic carbocycles. The van der Waals surface area contributed by atoms with Crippen molar-refractivity contribution in [1.29, 1.82) is 0 Å². The summed E-state index contributed by atoms with van der Waals surface area (Å²) in [6.07, 6.45) is 1.77. The third kappa shape index (κ3) is 2.32. The van der Waals surface area contributed by atoms with Crippen molar-refractivity contribution in [2.24, 2.45) is 4.99 Å². The van der Waals surface area contributed by atoms with Gasteiger partial charge in [0.2, 0.25) is 5.96 Å². The average molecular weight is 367 g/mol. The Morgan fingerprint density at radius 3 is 2.85 bits per heavy atom. The van der Waals surface area contributed by atoms with Gasteiger partial charge in [-0.25, -0.2) is 4.90 Å². The molecule has 2 aromatic rings. The zero-order chi connectivity index (χ0) is 17.9. The molecule has 1 aromatic carbocycles. The van der Waals surface area contributed by atoms with Gasteiger partial charge in [-0.1, -0.05) is 18.2 Å². The zero-order valence-corrected chi connectivity index (χ0v) is 15.8. The van der Waals surface area contributed by atoms with Crippen LogP contribution in [0.5, 0.6) is 0 Å². The van der Waals surface area contributed by atoms with E-state index in [0.717, 1.165) is 53.7 Å². The van der Waals surface area contributed by atoms with Gasteiger partial charge in [0.25, 0.3) is 5.91 Å². The number of fused-ring (bicyclic) bond motifs is 5. The van der Waals surface area contributed by atoms with Gasteiger partial charge in [-0.05, 0) is 38.0 Å². The molecule has 0 saturated carbocycles. The van der Waals surface area contributed by atoms with Crippen LogP contribution in [0, 0.1) is 0 Å². The maximum atomic E-state index is 13.6. The highest BCUT2D eigenvalue weighted by molar-refractivity contribution is 7.17. The molecule has 3 aliphatic rings.